The van der Waals surface area contributed by atoms with Crippen molar-refractivity contribution in [3.8, 4) is 0 Å². The molecule has 2 nitrogen and oxygen atoms in total. The van der Waals surface area contributed by atoms with E-state index in [0.717, 1.165) is 32.1 Å². The third-order valence-corrected chi connectivity index (χ3v) is 3.70. The van der Waals surface area contributed by atoms with Gasteiger partial charge in [-0.25, -0.2) is 0 Å². The first-order chi connectivity index (χ1) is 9.83. The molecule has 0 saturated carbocycles. The number of ether oxygens (including phenoxy) is 1. The van der Waals surface area contributed by atoms with E-state index < -0.39 is 0 Å². The van der Waals surface area contributed by atoms with Crippen molar-refractivity contribution in [2.45, 2.75) is 83.7 Å². The third kappa shape index (κ3) is 8.95. The molecule has 0 amide bonds. The Bertz CT molecular complexity index is 305. The van der Waals surface area contributed by atoms with Gasteiger partial charge in [0.15, 0.2) is 0 Å². The van der Waals surface area contributed by atoms with Gasteiger partial charge in [0.2, 0.25) is 0 Å². The van der Waals surface area contributed by atoms with E-state index in [2.05, 4.69) is 31.2 Å². The molecule has 0 aromatic carbocycles. The summed E-state index contributed by atoms with van der Waals surface area (Å²) in [6.07, 6.45) is 21.6. The molecule has 1 aliphatic heterocycles. The maximum Gasteiger partial charge on any atom is 0.306 e. The van der Waals surface area contributed by atoms with Gasteiger partial charge < -0.3 is 4.74 Å². The number of carbonyl (C=O) groups is 1. The maximum atomic E-state index is 10.9. The van der Waals surface area contributed by atoms with Crippen molar-refractivity contribution in [3.63, 3.8) is 0 Å². The number of allylic oxidation sites excluding steroid dienone is 4. The lowest BCUT2D eigenvalue weighted by Gasteiger charge is -2.07. The second-order valence-electron chi connectivity index (χ2n) is 5.61. The molecule has 1 aliphatic rings. The van der Waals surface area contributed by atoms with Gasteiger partial charge in [-0.15, -0.1) is 0 Å². The van der Waals surface area contributed by atoms with E-state index in [0.29, 0.717) is 6.42 Å². The zero-order valence-electron chi connectivity index (χ0n) is 13.0. The Morgan fingerprint density at radius 1 is 1.05 bits per heavy atom. The fourth-order valence-electron chi connectivity index (χ4n) is 2.44. The van der Waals surface area contributed by atoms with Crippen molar-refractivity contribution in [3.05, 3.63) is 24.3 Å². The van der Waals surface area contributed by atoms with Crippen molar-refractivity contribution in [2.24, 2.45) is 0 Å². The van der Waals surface area contributed by atoms with Gasteiger partial charge in [0.1, 0.15) is 6.10 Å². The largest absolute Gasteiger partial charge is 0.462 e. The van der Waals surface area contributed by atoms with E-state index >= 15 is 0 Å². The van der Waals surface area contributed by atoms with Crippen molar-refractivity contribution in [2.75, 3.05) is 0 Å². The Morgan fingerprint density at radius 3 is 2.35 bits per heavy atom. The average molecular weight is 278 g/mol. The van der Waals surface area contributed by atoms with Gasteiger partial charge in [-0.2, -0.15) is 0 Å². The highest BCUT2D eigenvalue weighted by atomic mass is 16.5. The monoisotopic (exact) mass is 278 g/mol. The fourth-order valence-corrected chi connectivity index (χ4v) is 2.44. The van der Waals surface area contributed by atoms with Crippen LogP contribution < -0.4 is 0 Å². The Morgan fingerprint density at radius 2 is 1.75 bits per heavy atom. The summed E-state index contributed by atoms with van der Waals surface area (Å²) in [6.45, 7) is 2.24. The molecule has 1 atom stereocenters. The minimum Gasteiger partial charge on any atom is -0.462 e. The van der Waals surface area contributed by atoms with Gasteiger partial charge in [-0.05, 0) is 51.4 Å². The predicted octanol–water partition coefficient (Wildman–Crippen LogP) is 5.34. The third-order valence-electron chi connectivity index (χ3n) is 3.70. The highest BCUT2D eigenvalue weighted by molar-refractivity contribution is 5.71. The molecule has 1 saturated heterocycles. The van der Waals surface area contributed by atoms with Gasteiger partial charge in [0, 0.05) is 6.42 Å². The summed E-state index contributed by atoms with van der Waals surface area (Å²) in [4.78, 5) is 10.9. The molecule has 0 spiro atoms. The summed E-state index contributed by atoms with van der Waals surface area (Å²) in [5.41, 5.74) is 0. The van der Waals surface area contributed by atoms with Crippen LogP contribution in [-0.4, -0.2) is 12.1 Å². The zero-order valence-corrected chi connectivity index (χ0v) is 13.0. The van der Waals surface area contributed by atoms with Crippen LogP contribution >= 0.6 is 0 Å². The summed E-state index contributed by atoms with van der Waals surface area (Å²) >= 11 is 0. The summed E-state index contributed by atoms with van der Waals surface area (Å²) in [6, 6.07) is 0. The van der Waals surface area contributed by atoms with Crippen LogP contribution in [0.2, 0.25) is 0 Å². The molecule has 1 unspecified atom stereocenters. The molecular formula is C18H30O2. The van der Waals surface area contributed by atoms with Crippen LogP contribution in [0.4, 0.5) is 0 Å². The van der Waals surface area contributed by atoms with Crippen LogP contribution in [-0.2, 0) is 9.53 Å². The lowest BCUT2D eigenvalue weighted by molar-refractivity contribution is -0.141. The summed E-state index contributed by atoms with van der Waals surface area (Å²) in [5.74, 6) is -0.0133. The van der Waals surface area contributed by atoms with Crippen molar-refractivity contribution in [1.29, 1.82) is 0 Å². The van der Waals surface area contributed by atoms with E-state index in [4.69, 9.17) is 4.74 Å². The van der Waals surface area contributed by atoms with Crippen LogP contribution in [0.3, 0.4) is 0 Å². The van der Waals surface area contributed by atoms with Crippen molar-refractivity contribution < 1.29 is 9.53 Å². The second kappa shape index (κ2) is 11.7. The van der Waals surface area contributed by atoms with Crippen molar-refractivity contribution in [1.82, 2.24) is 0 Å². The van der Waals surface area contributed by atoms with Crippen LogP contribution in [0.15, 0.2) is 24.3 Å². The molecule has 0 aromatic heterocycles. The summed E-state index contributed by atoms with van der Waals surface area (Å²) in [7, 11) is 0. The molecule has 1 rings (SSSR count). The number of esters is 1. The molecule has 1 heterocycles. The number of unbranched alkanes of at least 4 members (excludes halogenated alkanes) is 5. The summed E-state index contributed by atoms with van der Waals surface area (Å²) in [5, 5.41) is 0. The second-order valence-corrected chi connectivity index (χ2v) is 5.61. The van der Waals surface area contributed by atoms with E-state index in [1.54, 1.807) is 0 Å². The minimum atomic E-state index is -0.0133. The molecule has 20 heavy (non-hydrogen) atoms. The quantitative estimate of drug-likeness (QED) is 0.290. The fraction of sp³-hybridized carbons (Fsp3) is 0.722. The first-order valence-corrected chi connectivity index (χ1v) is 8.32. The minimum absolute atomic E-state index is 0.0133. The van der Waals surface area contributed by atoms with E-state index in [-0.39, 0.29) is 12.1 Å². The Kier molecular flexibility index (Phi) is 9.99. The number of carbonyl (C=O) groups excluding carboxylic acids is 1. The molecule has 0 aliphatic carbocycles. The Hall–Kier alpha value is -1.05. The summed E-state index contributed by atoms with van der Waals surface area (Å²) < 4.78 is 5.20. The zero-order chi connectivity index (χ0) is 14.5. The predicted molar refractivity (Wildman–Crippen MR) is 84.6 cm³/mol. The van der Waals surface area contributed by atoms with Gasteiger partial charge in [-0.1, -0.05) is 44.1 Å². The van der Waals surface area contributed by atoms with Gasteiger partial charge >= 0.3 is 5.97 Å². The van der Waals surface area contributed by atoms with Crippen molar-refractivity contribution >= 4 is 5.97 Å². The van der Waals surface area contributed by atoms with E-state index in [9.17, 15) is 4.79 Å². The number of rotatable bonds is 11. The average Bonchev–Trinajstić information content (AvgIpc) is 2.86. The molecule has 1 fully saturated rings. The first kappa shape index (κ1) is 17.0. The van der Waals surface area contributed by atoms with Crippen LogP contribution in [0, 0.1) is 0 Å². The van der Waals surface area contributed by atoms with Gasteiger partial charge in [0.25, 0.3) is 0 Å². The molecule has 0 radical (unpaired) electrons. The van der Waals surface area contributed by atoms with E-state index in [1.165, 1.54) is 32.1 Å². The normalized spacial score (nSPS) is 19.2. The van der Waals surface area contributed by atoms with Gasteiger partial charge in [0.05, 0.1) is 0 Å². The number of cyclic esters (lactones) is 1. The first-order valence-electron chi connectivity index (χ1n) is 8.32. The highest BCUT2D eigenvalue weighted by Gasteiger charge is 2.22. The lowest BCUT2D eigenvalue weighted by atomic mass is 10.1. The molecule has 0 N–H and O–H groups in total. The molecule has 0 aromatic rings. The molecule has 114 valence electrons. The van der Waals surface area contributed by atoms with E-state index in [1.807, 2.05) is 0 Å². The van der Waals surface area contributed by atoms with Crippen LogP contribution in [0.5, 0.6) is 0 Å². The lowest BCUT2D eigenvalue weighted by Crippen LogP contribution is -2.05. The highest BCUT2D eigenvalue weighted by Crippen LogP contribution is 2.19. The maximum absolute atomic E-state index is 10.9. The van der Waals surface area contributed by atoms with Gasteiger partial charge in [-0.3, -0.25) is 4.79 Å². The SMILES string of the molecule is CCCCCC=CCC=CCCCCC1CCC(=O)O1. The van der Waals surface area contributed by atoms with Crippen LogP contribution in [0.1, 0.15) is 77.6 Å². The molecule has 0 bridgehead atoms. The number of hydrogen-bond donors (Lipinski definition) is 0. The Balaban J connectivity index is 1.85. The smallest absolute Gasteiger partial charge is 0.306 e. The molecule has 2 heteroatoms. The van der Waals surface area contributed by atoms with Crippen LogP contribution in [0.25, 0.3) is 0 Å². The standard InChI is InChI=1S/C18H30O2/c1-2-3-4-5-6-7-8-9-10-11-12-13-14-17-15-16-18(19)20-17/h6-7,9-10,17H,2-5,8,11-16H2,1H3. The number of hydrogen-bond acceptors (Lipinski definition) is 2. The molecular weight excluding hydrogens is 248 g/mol. The topological polar surface area (TPSA) is 26.3 Å². The Labute approximate surface area is 124 Å².